The van der Waals surface area contributed by atoms with Crippen LogP contribution < -0.4 is 0 Å². The third kappa shape index (κ3) is 2.96. The lowest BCUT2D eigenvalue weighted by atomic mass is 9.67. The topological polar surface area (TPSA) is 40.5 Å². The van der Waals surface area contributed by atoms with Crippen LogP contribution in [0, 0.1) is 17.8 Å². The van der Waals surface area contributed by atoms with Crippen molar-refractivity contribution >= 4 is 0 Å². The molecular weight excluding hydrogens is 176 g/mol. The number of rotatable bonds is 3. The number of aliphatic hydroxyl groups is 2. The van der Waals surface area contributed by atoms with Crippen LogP contribution >= 0.6 is 0 Å². The molecule has 1 saturated carbocycles. The predicted octanol–water partition coefficient (Wildman–Crippen LogP) is 2.19. The van der Waals surface area contributed by atoms with Crippen LogP contribution in [0.5, 0.6) is 0 Å². The Morgan fingerprint density at radius 3 is 2.43 bits per heavy atom. The Balaban J connectivity index is 2.62. The summed E-state index contributed by atoms with van der Waals surface area (Å²) >= 11 is 0. The van der Waals surface area contributed by atoms with Crippen molar-refractivity contribution in [2.75, 3.05) is 6.61 Å². The molecule has 2 heteroatoms. The standard InChI is InChI=1S/C12H24O2/c1-9-4-5-11(12(2,3)14)10(8-9)6-7-13/h9-11,13-14H,4-8H2,1-3H3. The lowest BCUT2D eigenvalue weighted by Gasteiger charge is -2.41. The van der Waals surface area contributed by atoms with Crippen LogP contribution in [0.2, 0.25) is 0 Å². The first-order chi connectivity index (χ1) is 6.45. The highest BCUT2D eigenvalue weighted by Crippen LogP contribution is 2.41. The van der Waals surface area contributed by atoms with E-state index in [0.29, 0.717) is 11.8 Å². The van der Waals surface area contributed by atoms with E-state index in [0.717, 1.165) is 25.2 Å². The first-order valence-corrected chi connectivity index (χ1v) is 5.78. The molecular formula is C12H24O2. The van der Waals surface area contributed by atoms with Crippen LogP contribution in [0.25, 0.3) is 0 Å². The minimum atomic E-state index is -0.583. The molecule has 3 unspecified atom stereocenters. The van der Waals surface area contributed by atoms with E-state index in [1.165, 1.54) is 6.42 Å². The van der Waals surface area contributed by atoms with Gasteiger partial charge in [-0.25, -0.2) is 0 Å². The molecule has 2 N–H and O–H groups in total. The van der Waals surface area contributed by atoms with Gasteiger partial charge in [-0.1, -0.05) is 13.3 Å². The third-order valence-corrected chi connectivity index (χ3v) is 3.65. The molecule has 0 aromatic carbocycles. The van der Waals surface area contributed by atoms with Crippen LogP contribution in [0.3, 0.4) is 0 Å². The monoisotopic (exact) mass is 200 g/mol. The highest BCUT2D eigenvalue weighted by Gasteiger charge is 2.37. The van der Waals surface area contributed by atoms with Gasteiger partial charge in [-0.2, -0.15) is 0 Å². The molecule has 0 amide bonds. The lowest BCUT2D eigenvalue weighted by Crippen LogP contribution is -2.40. The SMILES string of the molecule is CC1CCC(C(C)(C)O)C(CCO)C1. The van der Waals surface area contributed by atoms with Gasteiger partial charge in [0.1, 0.15) is 0 Å². The highest BCUT2D eigenvalue weighted by molar-refractivity contribution is 4.87. The van der Waals surface area contributed by atoms with E-state index in [4.69, 9.17) is 5.11 Å². The van der Waals surface area contributed by atoms with Gasteiger partial charge in [0.05, 0.1) is 5.60 Å². The predicted molar refractivity (Wildman–Crippen MR) is 58.0 cm³/mol. The fourth-order valence-electron chi connectivity index (χ4n) is 2.91. The summed E-state index contributed by atoms with van der Waals surface area (Å²) in [4.78, 5) is 0. The summed E-state index contributed by atoms with van der Waals surface area (Å²) in [5.74, 6) is 1.62. The highest BCUT2D eigenvalue weighted by atomic mass is 16.3. The maximum Gasteiger partial charge on any atom is 0.0622 e. The fraction of sp³-hybridized carbons (Fsp3) is 1.00. The zero-order chi connectivity index (χ0) is 10.8. The second-order valence-corrected chi connectivity index (χ2v) is 5.45. The van der Waals surface area contributed by atoms with Crippen LogP contribution in [0.15, 0.2) is 0 Å². The Morgan fingerprint density at radius 2 is 1.93 bits per heavy atom. The van der Waals surface area contributed by atoms with Crippen molar-refractivity contribution in [2.45, 2.75) is 52.1 Å². The summed E-state index contributed by atoms with van der Waals surface area (Å²) < 4.78 is 0. The van der Waals surface area contributed by atoms with Crippen molar-refractivity contribution in [1.82, 2.24) is 0 Å². The van der Waals surface area contributed by atoms with Crippen molar-refractivity contribution < 1.29 is 10.2 Å². The van der Waals surface area contributed by atoms with Crippen LogP contribution in [0.4, 0.5) is 0 Å². The third-order valence-electron chi connectivity index (χ3n) is 3.65. The average Bonchev–Trinajstić information content (AvgIpc) is 2.02. The van der Waals surface area contributed by atoms with Gasteiger partial charge < -0.3 is 10.2 Å². The summed E-state index contributed by atoms with van der Waals surface area (Å²) in [6, 6.07) is 0. The van der Waals surface area contributed by atoms with Crippen molar-refractivity contribution in [3.8, 4) is 0 Å². The van der Waals surface area contributed by atoms with Gasteiger partial charge in [0.2, 0.25) is 0 Å². The zero-order valence-corrected chi connectivity index (χ0v) is 9.66. The van der Waals surface area contributed by atoms with Crippen molar-refractivity contribution in [3.05, 3.63) is 0 Å². The first-order valence-electron chi connectivity index (χ1n) is 5.78. The molecule has 0 aromatic rings. The van der Waals surface area contributed by atoms with Crippen molar-refractivity contribution in [3.63, 3.8) is 0 Å². The summed E-state index contributed by atoms with van der Waals surface area (Å²) in [5.41, 5.74) is -0.583. The molecule has 14 heavy (non-hydrogen) atoms. The molecule has 1 aliphatic carbocycles. The molecule has 3 atom stereocenters. The molecule has 2 nitrogen and oxygen atoms in total. The van der Waals surface area contributed by atoms with Gasteiger partial charge >= 0.3 is 0 Å². The maximum absolute atomic E-state index is 10.0. The Labute approximate surface area is 87.3 Å². The second kappa shape index (κ2) is 4.63. The molecule has 0 heterocycles. The van der Waals surface area contributed by atoms with Gasteiger partial charge in [0.25, 0.3) is 0 Å². The Kier molecular flexibility index (Phi) is 3.96. The van der Waals surface area contributed by atoms with Gasteiger partial charge in [-0.15, -0.1) is 0 Å². The van der Waals surface area contributed by atoms with Crippen molar-refractivity contribution in [2.24, 2.45) is 17.8 Å². The van der Waals surface area contributed by atoms with Gasteiger partial charge in [-0.3, -0.25) is 0 Å². The normalized spacial score (nSPS) is 34.5. The van der Waals surface area contributed by atoms with Gasteiger partial charge in [0.15, 0.2) is 0 Å². The molecule has 0 aliphatic heterocycles. The lowest BCUT2D eigenvalue weighted by molar-refractivity contribution is -0.0400. The summed E-state index contributed by atoms with van der Waals surface area (Å²) in [5, 5.41) is 19.1. The van der Waals surface area contributed by atoms with Crippen LogP contribution in [-0.2, 0) is 0 Å². The molecule has 0 bridgehead atoms. The van der Waals surface area contributed by atoms with Gasteiger partial charge in [-0.05, 0) is 50.9 Å². The fourth-order valence-corrected chi connectivity index (χ4v) is 2.91. The van der Waals surface area contributed by atoms with E-state index in [2.05, 4.69) is 6.92 Å². The number of hydrogen-bond donors (Lipinski definition) is 2. The van der Waals surface area contributed by atoms with Crippen LogP contribution in [0.1, 0.15) is 46.5 Å². The summed E-state index contributed by atoms with van der Waals surface area (Å²) in [6.45, 7) is 6.32. The van der Waals surface area contributed by atoms with E-state index < -0.39 is 5.60 Å². The number of hydrogen-bond acceptors (Lipinski definition) is 2. The minimum absolute atomic E-state index is 0.254. The van der Waals surface area contributed by atoms with E-state index in [9.17, 15) is 5.11 Å². The quantitative estimate of drug-likeness (QED) is 0.733. The Bertz CT molecular complexity index is 172. The van der Waals surface area contributed by atoms with Crippen LogP contribution in [-0.4, -0.2) is 22.4 Å². The van der Waals surface area contributed by atoms with Gasteiger partial charge in [0, 0.05) is 6.61 Å². The molecule has 0 spiro atoms. The Morgan fingerprint density at radius 1 is 1.29 bits per heavy atom. The van der Waals surface area contributed by atoms with Crippen molar-refractivity contribution in [1.29, 1.82) is 0 Å². The number of aliphatic hydroxyl groups excluding tert-OH is 1. The second-order valence-electron chi connectivity index (χ2n) is 5.45. The minimum Gasteiger partial charge on any atom is -0.396 e. The first kappa shape index (κ1) is 12.0. The van der Waals surface area contributed by atoms with E-state index in [1.54, 1.807) is 0 Å². The van der Waals surface area contributed by atoms with E-state index >= 15 is 0 Å². The zero-order valence-electron chi connectivity index (χ0n) is 9.66. The largest absolute Gasteiger partial charge is 0.396 e. The van der Waals surface area contributed by atoms with E-state index in [1.807, 2.05) is 13.8 Å². The molecule has 0 aromatic heterocycles. The Hall–Kier alpha value is -0.0800. The molecule has 1 aliphatic rings. The average molecular weight is 200 g/mol. The molecule has 0 saturated heterocycles. The maximum atomic E-state index is 10.0. The molecule has 0 radical (unpaired) electrons. The van der Waals surface area contributed by atoms with E-state index in [-0.39, 0.29) is 6.61 Å². The molecule has 1 rings (SSSR count). The molecule has 84 valence electrons. The smallest absolute Gasteiger partial charge is 0.0622 e. The summed E-state index contributed by atoms with van der Waals surface area (Å²) in [6.07, 6.45) is 4.33. The summed E-state index contributed by atoms with van der Waals surface area (Å²) in [7, 11) is 0. The molecule has 1 fully saturated rings.